The largest absolute Gasteiger partial charge is 0.383 e. The lowest BCUT2D eigenvalue weighted by Gasteiger charge is -2.20. The third-order valence-corrected chi connectivity index (χ3v) is 3.12. The minimum absolute atomic E-state index is 0.418. The van der Waals surface area contributed by atoms with Crippen LogP contribution in [0.1, 0.15) is 19.5 Å². The molecule has 0 radical (unpaired) electrons. The van der Waals surface area contributed by atoms with Crippen LogP contribution in [0.25, 0.3) is 0 Å². The number of ether oxygens (including phenoxy) is 1. The summed E-state index contributed by atoms with van der Waals surface area (Å²) >= 11 is 3.36. The van der Waals surface area contributed by atoms with Crippen molar-refractivity contribution in [3.05, 3.63) is 10.2 Å². The Morgan fingerprint density at radius 2 is 1.94 bits per heavy atom. The Morgan fingerprint density at radius 1 is 1.31 bits per heavy atom. The van der Waals surface area contributed by atoms with Crippen LogP contribution in [0.5, 0.6) is 0 Å². The van der Waals surface area contributed by atoms with E-state index in [-0.39, 0.29) is 0 Å². The van der Waals surface area contributed by atoms with E-state index in [9.17, 15) is 0 Å². The number of halogens is 1. The van der Waals surface area contributed by atoms with Gasteiger partial charge in [-0.15, -0.1) is 0 Å². The first kappa shape index (κ1) is 13.2. The molecule has 0 fully saturated rings. The minimum Gasteiger partial charge on any atom is -0.383 e. The second-order valence-corrected chi connectivity index (χ2v) is 4.07. The van der Waals surface area contributed by atoms with Crippen molar-refractivity contribution in [2.45, 2.75) is 20.5 Å². The van der Waals surface area contributed by atoms with E-state index in [0.717, 1.165) is 18.8 Å². The summed E-state index contributed by atoms with van der Waals surface area (Å²) in [6, 6.07) is 0. The highest BCUT2D eigenvalue weighted by Gasteiger charge is 2.13. The van der Waals surface area contributed by atoms with Crippen molar-refractivity contribution in [2.75, 3.05) is 30.8 Å². The van der Waals surface area contributed by atoms with E-state index in [1.807, 2.05) is 4.90 Å². The maximum Gasteiger partial charge on any atom is 0.227 e. The first-order valence-corrected chi connectivity index (χ1v) is 5.99. The summed E-state index contributed by atoms with van der Waals surface area (Å²) < 4.78 is 5.78. The SMILES string of the molecule is CCN(CC)c1nc(N)c(Br)c(COC)n1. The van der Waals surface area contributed by atoms with Crippen molar-refractivity contribution in [1.82, 2.24) is 9.97 Å². The minimum atomic E-state index is 0.418. The molecule has 0 aliphatic heterocycles. The number of nitrogens with zero attached hydrogens (tertiary/aromatic N) is 3. The highest BCUT2D eigenvalue weighted by atomic mass is 79.9. The predicted octanol–water partition coefficient (Wildman–Crippen LogP) is 1.81. The van der Waals surface area contributed by atoms with Crippen LogP contribution in [0.3, 0.4) is 0 Å². The molecule has 0 saturated carbocycles. The van der Waals surface area contributed by atoms with Crippen molar-refractivity contribution in [3.63, 3.8) is 0 Å². The second-order valence-electron chi connectivity index (χ2n) is 3.27. The van der Waals surface area contributed by atoms with Gasteiger partial charge in [-0.25, -0.2) is 4.98 Å². The molecule has 0 spiro atoms. The lowest BCUT2D eigenvalue weighted by atomic mass is 10.4. The number of nitrogens with two attached hydrogens (primary N) is 1. The van der Waals surface area contributed by atoms with Gasteiger partial charge < -0.3 is 15.4 Å². The van der Waals surface area contributed by atoms with E-state index < -0.39 is 0 Å². The zero-order valence-electron chi connectivity index (χ0n) is 9.83. The molecule has 0 aromatic carbocycles. The monoisotopic (exact) mass is 288 g/mol. The van der Waals surface area contributed by atoms with Crippen LogP contribution in [0, 0.1) is 0 Å². The Morgan fingerprint density at radius 3 is 2.44 bits per heavy atom. The molecular weight excluding hydrogens is 272 g/mol. The van der Waals surface area contributed by atoms with Gasteiger partial charge in [0.15, 0.2) is 0 Å². The van der Waals surface area contributed by atoms with Crippen LogP contribution in [0.15, 0.2) is 4.47 Å². The Balaban J connectivity index is 3.12. The van der Waals surface area contributed by atoms with Crippen LogP contribution in [0.4, 0.5) is 11.8 Å². The Labute approximate surface area is 104 Å². The third kappa shape index (κ3) is 2.82. The summed E-state index contributed by atoms with van der Waals surface area (Å²) in [5.41, 5.74) is 6.59. The topological polar surface area (TPSA) is 64.3 Å². The maximum absolute atomic E-state index is 5.82. The molecule has 0 unspecified atom stereocenters. The lowest BCUT2D eigenvalue weighted by molar-refractivity contribution is 0.181. The zero-order valence-corrected chi connectivity index (χ0v) is 11.4. The standard InChI is InChI=1S/C10H17BrN4O/c1-4-15(5-2)10-13-7(6-16-3)8(11)9(12)14-10/h4-6H2,1-3H3,(H2,12,13,14). The molecule has 0 atom stereocenters. The van der Waals surface area contributed by atoms with Gasteiger partial charge in [-0.05, 0) is 29.8 Å². The van der Waals surface area contributed by atoms with Crippen LogP contribution >= 0.6 is 15.9 Å². The fraction of sp³-hybridized carbons (Fsp3) is 0.600. The summed E-state index contributed by atoms with van der Waals surface area (Å²) in [5, 5.41) is 0. The van der Waals surface area contributed by atoms with Gasteiger partial charge in [-0.3, -0.25) is 0 Å². The number of aromatic nitrogens is 2. The Kier molecular flexibility index (Phi) is 4.95. The van der Waals surface area contributed by atoms with Crippen LogP contribution in [-0.2, 0) is 11.3 Å². The van der Waals surface area contributed by atoms with E-state index in [2.05, 4.69) is 39.7 Å². The van der Waals surface area contributed by atoms with E-state index in [1.165, 1.54) is 0 Å². The number of nitrogen functional groups attached to an aromatic ring is 1. The zero-order chi connectivity index (χ0) is 12.1. The maximum atomic E-state index is 5.82. The average molecular weight is 289 g/mol. The molecule has 5 nitrogen and oxygen atoms in total. The Hall–Kier alpha value is -0.880. The van der Waals surface area contributed by atoms with Crippen LogP contribution < -0.4 is 10.6 Å². The van der Waals surface area contributed by atoms with Gasteiger partial charge in [-0.1, -0.05) is 0 Å². The molecule has 6 heteroatoms. The first-order chi connectivity index (χ1) is 7.63. The van der Waals surface area contributed by atoms with E-state index in [0.29, 0.717) is 22.8 Å². The van der Waals surface area contributed by atoms with Crippen molar-refractivity contribution < 1.29 is 4.74 Å². The van der Waals surface area contributed by atoms with E-state index in [1.54, 1.807) is 7.11 Å². The van der Waals surface area contributed by atoms with Gasteiger partial charge in [0, 0.05) is 20.2 Å². The summed E-state index contributed by atoms with van der Waals surface area (Å²) in [6.07, 6.45) is 0. The molecule has 1 aromatic rings. The molecule has 1 rings (SSSR count). The number of rotatable bonds is 5. The van der Waals surface area contributed by atoms with E-state index >= 15 is 0 Å². The van der Waals surface area contributed by atoms with Crippen molar-refractivity contribution in [3.8, 4) is 0 Å². The number of hydrogen-bond donors (Lipinski definition) is 1. The van der Waals surface area contributed by atoms with E-state index in [4.69, 9.17) is 10.5 Å². The first-order valence-electron chi connectivity index (χ1n) is 5.19. The molecule has 1 aromatic heterocycles. The Bertz CT molecular complexity index is 355. The molecule has 0 aliphatic rings. The lowest BCUT2D eigenvalue weighted by Crippen LogP contribution is -2.25. The molecule has 1 heterocycles. The summed E-state index contributed by atoms with van der Waals surface area (Å²) in [7, 11) is 1.63. The average Bonchev–Trinajstić information content (AvgIpc) is 2.27. The van der Waals surface area contributed by atoms with Crippen molar-refractivity contribution >= 4 is 27.7 Å². The van der Waals surface area contributed by atoms with Gasteiger partial charge >= 0.3 is 0 Å². The van der Waals surface area contributed by atoms with Crippen LogP contribution in [-0.4, -0.2) is 30.2 Å². The van der Waals surface area contributed by atoms with Gasteiger partial charge in [-0.2, -0.15) is 4.98 Å². The third-order valence-electron chi connectivity index (χ3n) is 2.26. The van der Waals surface area contributed by atoms with Gasteiger partial charge in [0.2, 0.25) is 5.95 Å². The number of methoxy groups -OCH3 is 1. The predicted molar refractivity (Wildman–Crippen MR) is 68.4 cm³/mol. The van der Waals surface area contributed by atoms with Gasteiger partial charge in [0.1, 0.15) is 5.82 Å². The normalized spacial score (nSPS) is 10.5. The van der Waals surface area contributed by atoms with Gasteiger partial charge in [0.25, 0.3) is 0 Å². The summed E-state index contributed by atoms with van der Waals surface area (Å²) in [5.74, 6) is 1.10. The molecule has 0 amide bonds. The molecule has 2 N–H and O–H groups in total. The van der Waals surface area contributed by atoms with Crippen molar-refractivity contribution in [1.29, 1.82) is 0 Å². The molecule has 0 aliphatic carbocycles. The summed E-state index contributed by atoms with van der Waals surface area (Å²) in [4.78, 5) is 10.7. The smallest absolute Gasteiger partial charge is 0.227 e. The fourth-order valence-corrected chi connectivity index (χ4v) is 1.67. The number of anilines is 2. The van der Waals surface area contributed by atoms with Crippen molar-refractivity contribution in [2.24, 2.45) is 0 Å². The highest BCUT2D eigenvalue weighted by Crippen LogP contribution is 2.24. The molecular formula is C10H17BrN4O. The molecule has 16 heavy (non-hydrogen) atoms. The highest BCUT2D eigenvalue weighted by molar-refractivity contribution is 9.10. The quantitative estimate of drug-likeness (QED) is 0.895. The second kappa shape index (κ2) is 6.00. The molecule has 0 saturated heterocycles. The number of hydrogen-bond acceptors (Lipinski definition) is 5. The summed E-state index contributed by atoms with van der Waals surface area (Å²) in [6.45, 7) is 6.23. The van der Waals surface area contributed by atoms with Crippen LogP contribution in [0.2, 0.25) is 0 Å². The molecule has 0 bridgehead atoms. The fourth-order valence-electron chi connectivity index (χ4n) is 1.38. The van der Waals surface area contributed by atoms with Gasteiger partial charge in [0.05, 0.1) is 16.8 Å². The molecule has 90 valence electrons.